The lowest BCUT2D eigenvalue weighted by Crippen LogP contribution is -2.54. The number of carbonyl (C=O) groups excluding carboxylic acids is 1. The lowest BCUT2D eigenvalue weighted by atomic mass is 9.59. The molecule has 18 heteroatoms. The average molecular weight is 1030 g/mol. The summed E-state index contributed by atoms with van der Waals surface area (Å²) in [4.78, 5) is 41.2. The number of aromatic amines is 1. The first-order valence-corrected chi connectivity index (χ1v) is 28.2. The largest absolute Gasteiger partial charge is 0.489 e. The fourth-order valence-electron chi connectivity index (χ4n) is 12.8. The second kappa shape index (κ2) is 20.0. The van der Waals surface area contributed by atoms with Crippen LogP contribution in [0.1, 0.15) is 131 Å². The highest BCUT2D eigenvalue weighted by molar-refractivity contribution is 7.90. The average Bonchev–Trinajstić information content (AvgIpc) is 4.02. The minimum atomic E-state index is -4.64. The number of pyridine rings is 1. The first-order valence-electron chi connectivity index (χ1n) is 26.7. The van der Waals surface area contributed by atoms with Gasteiger partial charge in [0.1, 0.15) is 47.0 Å². The summed E-state index contributed by atoms with van der Waals surface area (Å²) < 4.78 is 65.1. The van der Waals surface area contributed by atoms with Gasteiger partial charge in [-0.1, -0.05) is 38.1 Å². The van der Waals surface area contributed by atoms with Gasteiger partial charge in [0, 0.05) is 68.3 Å². The highest BCUT2D eigenvalue weighted by atomic mass is 32.2. The molecule has 3 aromatic carbocycles. The molecule has 2 aliphatic carbocycles. The maximum Gasteiger partial charge on any atom is 0.268 e. The van der Waals surface area contributed by atoms with Crippen LogP contribution >= 0.6 is 0 Å². The number of carbonyl (C=O) groups is 1. The second-order valence-electron chi connectivity index (χ2n) is 22.7. The number of fused-ring (bicyclic) bond motifs is 2. The number of anilines is 2. The van der Waals surface area contributed by atoms with Crippen molar-refractivity contribution in [2.24, 2.45) is 16.5 Å². The van der Waals surface area contributed by atoms with Crippen LogP contribution in [0, 0.1) is 22.1 Å². The van der Waals surface area contributed by atoms with Crippen LogP contribution in [0.15, 0.2) is 76.9 Å². The van der Waals surface area contributed by atoms with Gasteiger partial charge in [0.25, 0.3) is 21.8 Å². The Labute approximate surface area is 432 Å². The van der Waals surface area contributed by atoms with Gasteiger partial charge in [-0.15, -0.1) is 4.91 Å². The van der Waals surface area contributed by atoms with E-state index in [2.05, 4.69) is 85.0 Å². The number of likely N-dealkylation sites (tertiary alicyclic amines) is 2. The van der Waals surface area contributed by atoms with Crippen molar-refractivity contribution in [3.8, 4) is 23.1 Å². The number of hydrogen-bond acceptors (Lipinski definition) is 14. The zero-order valence-electron chi connectivity index (χ0n) is 42.9. The minimum absolute atomic E-state index is 0.0229. The molecule has 5 aromatic rings. The van der Waals surface area contributed by atoms with E-state index in [0.29, 0.717) is 30.8 Å². The number of nitrogens with one attached hydrogen (secondary N) is 3. The Balaban J connectivity index is 0.849. The van der Waals surface area contributed by atoms with E-state index in [0.717, 1.165) is 95.8 Å². The maximum atomic E-state index is 15.2. The lowest BCUT2D eigenvalue weighted by Gasteiger charge is -2.56. The van der Waals surface area contributed by atoms with E-state index in [1.165, 1.54) is 42.3 Å². The maximum absolute atomic E-state index is 15.2. The van der Waals surface area contributed by atoms with E-state index in [4.69, 9.17) is 14.2 Å². The standard InChI is InChI=1S/C56H69FN8O8S/c1-34(2)40-8-5-6-9-41(40)47-10-7-21-65(47)37-30-56(31-37)19-24-64(25-20-56)36-11-12-42(48(26-36)73-50-29-43-44(57)32-58-52(43)60-54(50)72-38-15-22-63(4)23-16-38)53(66)62-74(69,70)39-27-45(61-68)51-49(28-39)71-33-46(59-51)35-13-17-55(3,67)18-14-35/h5-6,8-9,11-12,26-29,32,34-35,37-38,46-47,59,67H,7,10,13-25,30-31,33H2,1-4H3,(H,58,60)(H,62,66)/t35?,46-,47+,55?/m1/s1. The number of ether oxygens (including phenoxy) is 3. The molecule has 0 unspecified atom stereocenters. The molecule has 11 rings (SSSR count). The second-order valence-corrected chi connectivity index (χ2v) is 24.4. The summed E-state index contributed by atoms with van der Waals surface area (Å²) >= 11 is 0. The third-order valence-electron chi connectivity index (χ3n) is 17.3. The molecule has 74 heavy (non-hydrogen) atoms. The number of H-pyrrole nitrogens is 1. The molecule has 2 saturated carbocycles. The number of hydrogen-bond donors (Lipinski definition) is 4. The van der Waals surface area contributed by atoms with Crippen LogP contribution in [0.25, 0.3) is 11.0 Å². The molecule has 6 aliphatic rings. The van der Waals surface area contributed by atoms with Gasteiger partial charge in [-0.25, -0.2) is 17.5 Å². The number of amides is 1. The van der Waals surface area contributed by atoms with Gasteiger partial charge in [0.15, 0.2) is 5.75 Å². The number of sulfonamides is 1. The molecule has 3 saturated heterocycles. The van der Waals surface area contributed by atoms with Gasteiger partial charge in [-0.05, 0) is 149 Å². The van der Waals surface area contributed by atoms with Crippen LogP contribution in [0.4, 0.5) is 21.5 Å². The highest BCUT2D eigenvalue weighted by Gasteiger charge is 2.50. The topological polar surface area (TPSA) is 191 Å². The Morgan fingerprint density at radius 2 is 1.72 bits per heavy atom. The van der Waals surface area contributed by atoms with Crippen molar-refractivity contribution >= 4 is 44.0 Å². The normalized spacial score (nSPS) is 24.8. The van der Waals surface area contributed by atoms with Gasteiger partial charge in [-0.3, -0.25) is 9.69 Å². The predicted molar refractivity (Wildman–Crippen MR) is 282 cm³/mol. The van der Waals surface area contributed by atoms with Gasteiger partial charge in [0.05, 0.1) is 27.5 Å². The third-order valence-corrected chi connectivity index (χ3v) is 18.6. The van der Waals surface area contributed by atoms with Gasteiger partial charge in [-0.2, -0.15) is 4.98 Å². The van der Waals surface area contributed by atoms with Crippen molar-refractivity contribution in [3.05, 3.63) is 94.3 Å². The Bertz CT molecular complexity index is 3020. The Morgan fingerprint density at radius 1 is 0.959 bits per heavy atom. The van der Waals surface area contributed by atoms with Crippen LogP contribution in [0.2, 0.25) is 0 Å². The summed E-state index contributed by atoms with van der Waals surface area (Å²) in [6, 6.07) is 18.8. The first-order chi connectivity index (χ1) is 35.5. The smallest absolute Gasteiger partial charge is 0.268 e. The SMILES string of the molecule is CC(C)c1ccccc1[C@@H]1CCCN1C1CC2(CCN(c3ccc(C(=O)NS(=O)(=O)c4cc(N=O)c5c(c4)OC[C@H](C4CCC(C)(O)CC4)N5)c(Oc4cc5c(F)c[nH]c5nc4OC4CCN(C)CC4)c3)CC2)C1. The number of aliphatic hydroxyl groups is 1. The molecule has 0 radical (unpaired) electrons. The molecule has 2 aromatic heterocycles. The lowest BCUT2D eigenvalue weighted by molar-refractivity contribution is -0.0227. The van der Waals surface area contributed by atoms with Crippen molar-refractivity contribution in [2.75, 3.05) is 56.6 Å². The van der Waals surface area contributed by atoms with E-state index >= 15 is 4.39 Å². The third kappa shape index (κ3) is 10.1. The number of benzene rings is 3. The van der Waals surface area contributed by atoms with Crippen LogP contribution in [0.5, 0.6) is 23.1 Å². The van der Waals surface area contributed by atoms with Crippen molar-refractivity contribution < 1.29 is 36.9 Å². The Hall–Kier alpha value is -5.82. The summed E-state index contributed by atoms with van der Waals surface area (Å²) in [5, 5.41) is 17.2. The van der Waals surface area contributed by atoms with Crippen molar-refractivity contribution in [1.29, 1.82) is 0 Å². The molecule has 1 spiro atoms. The van der Waals surface area contributed by atoms with E-state index < -0.39 is 27.3 Å². The molecule has 1 amide bonds. The summed E-state index contributed by atoms with van der Waals surface area (Å²) in [5.74, 6) is -0.584. The zero-order valence-corrected chi connectivity index (χ0v) is 43.7. The van der Waals surface area contributed by atoms with Crippen LogP contribution in [-0.4, -0.2) is 109 Å². The molecular formula is C56H69FN8O8S. The summed E-state index contributed by atoms with van der Waals surface area (Å²) in [6.07, 6.45) is 12.0. The van der Waals surface area contributed by atoms with Crippen LogP contribution < -0.4 is 29.1 Å². The molecular weight excluding hydrogens is 964 g/mol. The van der Waals surface area contributed by atoms with Crippen LogP contribution in [0.3, 0.4) is 0 Å². The molecule has 5 fully saturated rings. The van der Waals surface area contributed by atoms with Gasteiger partial charge >= 0.3 is 0 Å². The molecule has 4 aliphatic heterocycles. The summed E-state index contributed by atoms with van der Waals surface area (Å²) in [7, 11) is -2.59. The fourth-order valence-corrected chi connectivity index (χ4v) is 13.8. The zero-order chi connectivity index (χ0) is 51.5. The molecule has 394 valence electrons. The Morgan fingerprint density at radius 3 is 2.46 bits per heavy atom. The van der Waals surface area contributed by atoms with E-state index in [1.807, 2.05) is 6.92 Å². The molecule has 6 heterocycles. The van der Waals surface area contributed by atoms with E-state index in [9.17, 15) is 23.2 Å². The summed E-state index contributed by atoms with van der Waals surface area (Å²) in [6.45, 7) is 10.9. The van der Waals surface area contributed by atoms with Gasteiger partial charge in [0.2, 0.25) is 0 Å². The first kappa shape index (κ1) is 50.3. The summed E-state index contributed by atoms with van der Waals surface area (Å²) in [5.41, 5.74) is 3.49. The fraction of sp³-hybridized carbons (Fsp3) is 0.536. The number of rotatable bonds is 13. The molecule has 0 bridgehead atoms. The van der Waals surface area contributed by atoms with E-state index in [1.54, 1.807) is 18.2 Å². The number of halogens is 1. The Kier molecular flexibility index (Phi) is 13.6. The molecule has 2 atom stereocenters. The van der Waals surface area contributed by atoms with Crippen molar-refractivity contribution in [3.63, 3.8) is 0 Å². The minimum Gasteiger partial charge on any atom is -0.489 e. The predicted octanol–water partition coefficient (Wildman–Crippen LogP) is 10.3. The van der Waals surface area contributed by atoms with E-state index in [-0.39, 0.29) is 86.1 Å². The van der Waals surface area contributed by atoms with Gasteiger partial charge < -0.3 is 39.4 Å². The number of aromatic nitrogens is 2. The molecule has 16 nitrogen and oxygen atoms in total. The molecule has 4 N–H and O–H groups in total. The number of nitroso groups, excluding NO2 is 1. The van der Waals surface area contributed by atoms with Crippen molar-refractivity contribution in [1.82, 2.24) is 24.5 Å². The quantitative estimate of drug-likeness (QED) is 0.0816. The number of nitrogens with zero attached hydrogens (tertiary/aromatic N) is 5. The van der Waals surface area contributed by atoms with Crippen molar-refractivity contribution in [2.45, 2.75) is 138 Å². The number of piperidine rings is 2. The highest BCUT2D eigenvalue weighted by Crippen LogP contribution is 2.55. The monoisotopic (exact) mass is 1030 g/mol. The van der Waals surface area contributed by atoms with Crippen LogP contribution in [-0.2, 0) is 10.0 Å².